The minimum Gasteiger partial charge on any atom is -0.479 e. The van der Waals surface area contributed by atoms with E-state index in [1.165, 1.54) is 0 Å². The highest BCUT2D eigenvalue weighted by Gasteiger charge is 2.66. The number of ether oxygens (including phenoxy) is 1. The molecule has 3 rings (SSSR count). The fourth-order valence-corrected chi connectivity index (χ4v) is 3.49. The summed E-state index contributed by atoms with van der Waals surface area (Å²) >= 11 is 0. The average molecular weight is 357 g/mol. The second-order valence-electron chi connectivity index (χ2n) is 7.03. The number of hydrogen-bond donors (Lipinski definition) is 2. The van der Waals surface area contributed by atoms with Gasteiger partial charge >= 0.3 is 5.97 Å². The molecule has 2 N–H and O–H groups in total. The van der Waals surface area contributed by atoms with E-state index in [2.05, 4.69) is 10.4 Å². The third-order valence-electron chi connectivity index (χ3n) is 5.35. The smallest absolute Gasteiger partial charge is 0.330 e. The fraction of sp³-hybridized carbons (Fsp3) is 0.421. The molecule has 2 unspecified atom stereocenters. The summed E-state index contributed by atoms with van der Waals surface area (Å²) in [5.41, 5.74) is -0.832. The first-order chi connectivity index (χ1) is 12.3. The zero-order chi connectivity index (χ0) is 18.9. The monoisotopic (exact) mass is 357 g/mol. The maximum atomic E-state index is 12.7. The van der Waals surface area contributed by atoms with Crippen LogP contribution in [0, 0.1) is 5.41 Å². The molecule has 0 aliphatic heterocycles. The molecule has 7 nitrogen and oxygen atoms in total. The first kappa shape index (κ1) is 18.1. The van der Waals surface area contributed by atoms with Crippen molar-refractivity contribution in [2.45, 2.75) is 38.8 Å². The molecule has 0 bridgehead atoms. The number of carboxylic acid groups (broad SMARTS) is 1. The van der Waals surface area contributed by atoms with E-state index in [-0.39, 0.29) is 12.5 Å². The number of carboxylic acids is 1. The lowest BCUT2D eigenvalue weighted by Crippen LogP contribution is -2.76. The molecule has 26 heavy (non-hydrogen) atoms. The van der Waals surface area contributed by atoms with Gasteiger partial charge in [0.05, 0.1) is 11.8 Å². The third kappa shape index (κ3) is 2.78. The standard InChI is InChI=1S/C19H23N3O4/c1-4-26-15-12-19(17(24)25,18(15,2)3)21-16(23)13-6-8-14(9-7-13)22-11-5-10-20-22/h5-11,15H,4,12H2,1-3H3,(H,21,23)(H,24,25). The van der Waals surface area contributed by atoms with Crippen LogP contribution in [0.15, 0.2) is 42.7 Å². The quantitative estimate of drug-likeness (QED) is 0.827. The van der Waals surface area contributed by atoms with Crippen molar-refractivity contribution in [3.63, 3.8) is 0 Å². The van der Waals surface area contributed by atoms with Crippen LogP contribution in [0.3, 0.4) is 0 Å². The third-order valence-corrected chi connectivity index (χ3v) is 5.35. The van der Waals surface area contributed by atoms with Gasteiger partial charge in [0.25, 0.3) is 5.91 Å². The maximum Gasteiger partial charge on any atom is 0.330 e. The number of carbonyl (C=O) groups excluding carboxylic acids is 1. The number of nitrogens with one attached hydrogen (secondary N) is 1. The van der Waals surface area contributed by atoms with Crippen LogP contribution in [0.1, 0.15) is 37.6 Å². The Labute approximate surface area is 152 Å². The number of nitrogens with zero attached hydrogens (tertiary/aromatic N) is 2. The van der Waals surface area contributed by atoms with Crippen LogP contribution in [0.4, 0.5) is 0 Å². The van der Waals surface area contributed by atoms with Crippen LogP contribution >= 0.6 is 0 Å². The predicted octanol–water partition coefficient (Wildman–Crippen LogP) is 2.26. The number of aliphatic carboxylic acids is 1. The zero-order valence-electron chi connectivity index (χ0n) is 15.1. The van der Waals surface area contributed by atoms with E-state index in [0.29, 0.717) is 12.2 Å². The minimum absolute atomic E-state index is 0.203. The Morgan fingerprint density at radius 3 is 2.54 bits per heavy atom. The van der Waals surface area contributed by atoms with Gasteiger partial charge in [0.15, 0.2) is 0 Å². The lowest BCUT2D eigenvalue weighted by Gasteiger charge is -2.58. The molecule has 1 aliphatic rings. The molecule has 138 valence electrons. The number of carbonyl (C=O) groups is 2. The molecule has 0 radical (unpaired) electrons. The predicted molar refractivity (Wildman–Crippen MR) is 95.2 cm³/mol. The Hall–Kier alpha value is -2.67. The molecule has 1 heterocycles. The highest BCUT2D eigenvalue weighted by molar-refractivity contribution is 5.98. The normalized spacial score (nSPS) is 23.9. The van der Waals surface area contributed by atoms with Crippen molar-refractivity contribution >= 4 is 11.9 Å². The fourth-order valence-electron chi connectivity index (χ4n) is 3.49. The summed E-state index contributed by atoms with van der Waals surface area (Å²) in [4.78, 5) is 24.6. The lowest BCUT2D eigenvalue weighted by atomic mass is 9.54. The van der Waals surface area contributed by atoms with Crippen molar-refractivity contribution in [2.24, 2.45) is 5.41 Å². The van der Waals surface area contributed by atoms with Gasteiger partial charge in [-0.1, -0.05) is 13.8 Å². The molecule has 0 saturated heterocycles. The van der Waals surface area contributed by atoms with Crippen molar-refractivity contribution in [1.29, 1.82) is 0 Å². The number of benzene rings is 1. The Morgan fingerprint density at radius 1 is 1.35 bits per heavy atom. The molecule has 7 heteroatoms. The van der Waals surface area contributed by atoms with Gasteiger partial charge in [-0.05, 0) is 37.3 Å². The van der Waals surface area contributed by atoms with E-state index in [0.717, 1.165) is 5.69 Å². The molecule has 1 amide bonds. The topological polar surface area (TPSA) is 93.5 Å². The minimum atomic E-state index is -1.34. The van der Waals surface area contributed by atoms with Gasteiger partial charge < -0.3 is 15.2 Å². The Kier molecular flexibility index (Phi) is 4.58. The van der Waals surface area contributed by atoms with Gasteiger partial charge in [-0.3, -0.25) is 4.79 Å². The van der Waals surface area contributed by atoms with Gasteiger partial charge in [0, 0.05) is 36.4 Å². The van der Waals surface area contributed by atoms with Crippen molar-refractivity contribution < 1.29 is 19.4 Å². The Bertz CT molecular complexity index is 799. The highest BCUT2D eigenvalue weighted by Crippen LogP contribution is 2.51. The van der Waals surface area contributed by atoms with Crippen molar-refractivity contribution in [3.8, 4) is 5.69 Å². The second kappa shape index (κ2) is 6.57. The molecule has 2 atom stereocenters. The molecule has 1 fully saturated rings. The van der Waals surface area contributed by atoms with E-state index < -0.39 is 22.8 Å². The SMILES string of the molecule is CCOC1CC(NC(=O)c2ccc(-n3cccn3)cc2)(C(=O)O)C1(C)C. The summed E-state index contributed by atoms with van der Waals surface area (Å²) in [7, 11) is 0. The van der Waals surface area contributed by atoms with E-state index >= 15 is 0 Å². The first-order valence-corrected chi connectivity index (χ1v) is 8.59. The van der Waals surface area contributed by atoms with Crippen LogP contribution in [0.2, 0.25) is 0 Å². The Morgan fingerprint density at radius 2 is 2.04 bits per heavy atom. The molecular formula is C19H23N3O4. The van der Waals surface area contributed by atoms with Gasteiger partial charge in [0.2, 0.25) is 0 Å². The maximum absolute atomic E-state index is 12.7. The van der Waals surface area contributed by atoms with E-state index in [4.69, 9.17) is 4.74 Å². The molecule has 1 aromatic carbocycles. The van der Waals surface area contributed by atoms with Gasteiger partial charge in [-0.25, -0.2) is 9.48 Å². The molecular weight excluding hydrogens is 334 g/mol. The number of amides is 1. The van der Waals surface area contributed by atoms with E-state index in [9.17, 15) is 14.7 Å². The Balaban J connectivity index is 1.78. The van der Waals surface area contributed by atoms with Gasteiger partial charge in [0.1, 0.15) is 5.54 Å². The van der Waals surface area contributed by atoms with Gasteiger partial charge in [-0.15, -0.1) is 0 Å². The van der Waals surface area contributed by atoms with Crippen LogP contribution in [-0.4, -0.2) is 45.0 Å². The summed E-state index contributed by atoms with van der Waals surface area (Å²) in [5.74, 6) is -1.46. The summed E-state index contributed by atoms with van der Waals surface area (Å²) in [6.07, 6.45) is 3.52. The van der Waals surface area contributed by atoms with Crippen molar-refractivity contribution in [1.82, 2.24) is 15.1 Å². The zero-order valence-corrected chi connectivity index (χ0v) is 15.1. The van der Waals surface area contributed by atoms with Crippen LogP contribution in [-0.2, 0) is 9.53 Å². The summed E-state index contributed by atoms with van der Waals surface area (Å²) in [6.45, 7) is 6.00. The first-order valence-electron chi connectivity index (χ1n) is 8.59. The highest BCUT2D eigenvalue weighted by atomic mass is 16.5. The second-order valence-corrected chi connectivity index (χ2v) is 7.03. The van der Waals surface area contributed by atoms with E-state index in [1.807, 2.05) is 26.8 Å². The summed E-state index contributed by atoms with van der Waals surface area (Å²) < 4.78 is 7.30. The largest absolute Gasteiger partial charge is 0.479 e. The average Bonchev–Trinajstić information content (AvgIpc) is 3.15. The summed E-state index contributed by atoms with van der Waals surface area (Å²) in [6, 6.07) is 8.67. The molecule has 1 aromatic heterocycles. The van der Waals surface area contributed by atoms with Crippen LogP contribution in [0.5, 0.6) is 0 Å². The molecule has 1 aliphatic carbocycles. The van der Waals surface area contributed by atoms with Crippen molar-refractivity contribution in [3.05, 3.63) is 48.3 Å². The molecule has 0 spiro atoms. The van der Waals surface area contributed by atoms with Crippen LogP contribution < -0.4 is 5.32 Å². The number of hydrogen-bond acceptors (Lipinski definition) is 4. The summed E-state index contributed by atoms with van der Waals surface area (Å²) in [5, 5.41) is 16.7. The van der Waals surface area contributed by atoms with Crippen LogP contribution in [0.25, 0.3) is 5.69 Å². The molecule has 1 saturated carbocycles. The molecule has 2 aromatic rings. The van der Waals surface area contributed by atoms with E-state index in [1.54, 1.807) is 41.3 Å². The van der Waals surface area contributed by atoms with Crippen molar-refractivity contribution in [2.75, 3.05) is 6.61 Å². The van der Waals surface area contributed by atoms with Gasteiger partial charge in [-0.2, -0.15) is 5.10 Å². The number of rotatable bonds is 6. The lowest BCUT2D eigenvalue weighted by molar-refractivity contribution is -0.190. The number of aromatic nitrogens is 2.